The van der Waals surface area contributed by atoms with Crippen LogP contribution >= 0.6 is 0 Å². The van der Waals surface area contributed by atoms with Gasteiger partial charge in [0.2, 0.25) is 0 Å². The van der Waals surface area contributed by atoms with Crippen molar-refractivity contribution >= 4 is 17.4 Å². The molecular formula is C25H32N4O5. The average Bonchev–Trinajstić information content (AvgIpc) is 3.16. The quantitative estimate of drug-likeness (QED) is 0.485. The SMILES string of the molecule is COc1ccc([C@@]23CC[C@H](NC(=O)Nc4cc([N+](=O)[O-])ccc4C)C[C@H]2N(C)CC3)cc1OC. The molecule has 0 radical (unpaired) electrons. The number of urea groups is 1. The maximum Gasteiger partial charge on any atom is 0.319 e. The van der Waals surface area contributed by atoms with Crippen molar-refractivity contribution in [3.8, 4) is 11.5 Å². The number of carbonyl (C=O) groups excluding carboxylic acids is 1. The molecule has 0 bridgehead atoms. The zero-order valence-electron chi connectivity index (χ0n) is 20.1. The van der Waals surface area contributed by atoms with Crippen molar-refractivity contribution in [3.05, 3.63) is 57.6 Å². The first kappa shape index (κ1) is 23.8. The first-order valence-corrected chi connectivity index (χ1v) is 11.5. The van der Waals surface area contributed by atoms with Gasteiger partial charge in [0.15, 0.2) is 11.5 Å². The summed E-state index contributed by atoms with van der Waals surface area (Å²) in [6.45, 7) is 2.80. The molecule has 0 unspecified atom stereocenters. The number of anilines is 1. The van der Waals surface area contributed by atoms with Gasteiger partial charge in [0.1, 0.15) is 0 Å². The minimum atomic E-state index is -0.465. The summed E-state index contributed by atoms with van der Waals surface area (Å²) in [6, 6.07) is 10.6. The zero-order chi connectivity index (χ0) is 24.5. The van der Waals surface area contributed by atoms with Crippen molar-refractivity contribution in [1.29, 1.82) is 0 Å². The van der Waals surface area contributed by atoms with Crippen molar-refractivity contribution in [2.75, 3.05) is 33.1 Å². The molecular weight excluding hydrogens is 436 g/mol. The van der Waals surface area contributed by atoms with E-state index < -0.39 is 4.92 Å². The van der Waals surface area contributed by atoms with E-state index in [1.165, 1.54) is 17.7 Å². The minimum Gasteiger partial charge on any atom is -0.493 e. The number of hydrogen-bond acceptors (Lipinski definition) is 6. The van der Waals surface area contributed by atoms with Gasteiger partial charge in [-0.3, -0.25) is 10.1 Å². The van der Waals surface area contributed by atoms with Gasteiger partial charge in [-0.1, -0.05) is 12.1 Å². The second-order valence-electron chi connectivity index (χ2n) is 9.30. The number of benzene rings is 2. The maximum absolute atomic E-state index is 12.8. The number of likely N-dealkylation sites (N-methyl/N-ethyl adjacent to an activating group) is 1. The van der Waals surface area contributed by atoms with Crippen LogP contribution in [0.2, 0.25) is 0 Å². The van der Waals surface area contributed by atoms with Gasteiger partial charge < -0.3 is 25.0 Å². The van der Waals surface area contributed by atoms with Crippen LogP contribution in [0.5, 0.6) is 11.5 Å². The Morgan fingerprint density at radius 2 is 1.91 bits per heavy atom. The first-order valence-electron chi connectivity index (χ1n) is 11.5. The molecule has 4 rings (SSSR count). The highest BCUT2D eigenvalue weighted by molar-refractivity contribution is 5.90. The number of hydrogen-bond donors (Lipinski definition) is 2. The largest absolute Gasteiger partial charge is 0.493 e. The summed E-state index contributed by atoms with van der Waals surface area (Å²) in [5, 5.41) is 17.0. The van der Waals surface area contributed by atoms with Gasteiger partial charge in [0.25, 0.3) is 5.69 Å². The molecule has 2 amide bonds. The number of likely N-dealkylation sites (tertiary alicyclic amines) is 1. The van der Waals surface area contributed by atoms with Crippen LogP contribution in [0.4, 0.5) is 16.2 Å². The number of nitro groups is 1. The third kappa shape index (κ3) is 4.40. The number of ether oxygens (including phenoxy) is 2. The van der Waals surface area contributed by atoms with E-state index in [-0.39, 0.29) is 29.2 Å². The minimum absolute atomic E-state index is 0.000409. The molecule has 2 N–H and O–H groups in total. The Kier molecular flexibility index (Phi) is 6.65. The van der Waals surface area contributed by atoms with E-state index in [0.29, 0.717) is 11.4 Å². The number of non-ortho nitro benzene ring substituents is 1. The molecule has 1 saturated heterocycles. The molecule has 1 heterocycles. The van der Waals surface area contributed by atoms with Gasteiger partial charge in [-0.25, -0.2) is 4.79 Å². The van der Waals surface area contributed by atoms with E-state index in [1.807, 2.05) is 13.0 Å². The second kappa shape index (κ2) is 9.50. The highest BCUT2D eigenvalue weighted by Gasteiger charge is 2.50. The van der Waals surface area contributed by atoms with Crippen LogP contribution in [0, 0.1) is 17.0 Å². The monoisotopic (exact) mass is 468 g/mol. The van der Waals surface area contributed by atoms with Crippen molar-refractivity contribution in [3.63, 3.8) is 0 Å². The molecule has 9 heteroatoms. The summed E-state index contributed by atoms with van der Waals surface area (Å²) in [6.07, 6.45) is 3.67. The molecule has 1 aliphatic carbocycles. The van der Waals surface area contributed by atoms with Crippen LogP contribution in [-0.4, -0.2) is 55.8 Å². The van der Waals surface area contributed by atoms with E-state index in [1.54, 1.807) is 20.3 Å². The summed E-state index contributed by atoms with van der Waals surface area (Å²) in [5.41, 5.74) is 2.41. The third-order valence-corrected chi connectivity index (χ3v) is 7.50. The van der Waals surface area contributed by atoms with Crippen LogP contribution in [0.1, 0.15) is 36.8 Å². The topological polar surface area (TPSA) is 106 Å². The molecule has 2 aromatic rings. The molecule has 1 saturated carbocycles. The normalized spacial score (nSPS) is 24.2. The summed E-state index contributed by atoms with van der Waals surface area (Å²) >= 11 is 0. The van der Waals surface area contributed by atoms with Gasteiger partial charge >= 0.3 is 6.03 Å². The number of nitro benzene ring substituents is 1. The van der Waals surface area contributed by atoms with Crippen LogP contribution in [0.25, 0.3) is 0 Å². The second-order valence-corrected chi connectivity index (χ2v) is 9.30. The lowest BCUT2D eigenvalue weighted by Crippen LogP contribution is -2.52. The average molecular weight is 469 g/mol. The predicted octanol–water partition coefficient (Wildman–Crippen LogP) is 4.24. The predicted molar refractivity (Wildman–Crippen MR) is 130 cm³/mol. The van der Waals surface area contributed by atoms with E-state index >= 15 is 0 Å². The van der Waals surface area contributed by atoms with E-state index in [0.717, 1.165) is 43.5 Å². The molecule has 2 aromatic carbocycles. The Balaban J connectivity index is 1.48. The Bertz CT molecular complexity index is 1090. The Morgan fingerprint density at radius 3 is 2.62 bits per heavy atom. The molecule has 34 heavy (non-hydrogen) atoms. The number of carbonyl (C=O) groups is 1. The van der Waals surface area contributed by atoms with Crippen LogP contribution in [0.3, 0.4) is 0 Å². The molecule has 9 nitrogen and oxygen atoms in total. The van der Waals surface area contributed by atoms with E-state index in [2.05, 4.69) is 34.7 Å². The number of amides is 2. The number of methoxy groups -OCH3 is 2. The highest BCUT2D eigenvalue weighted by Crippen LogP contribution is 2.49. The molecule has 2 fully saturated rings. The number of aryl methyl sites for hydroxylation is 1. The molecule has 0 aromatic heterocycles. The van der Waals surface area contributed by atoms with Gasteiger partial charge in [-0.05, 0) is 69.5 Å². The summed E-state index contributed by atoms with van der Waals surface area (Å²) < 4.78 is 11.0. The van der Waals surface area contributed by atoms with Crippen molar-refractivity contribution in [2.45, 2.75) is 50.1 Å². The number of nitrogens with zero attached hydrogens (tertiary/aromatic N) is 2. The smallest absolute Gasteiger partial charge is 0.319 e. The van der Waals surface area contributed by atoms with Gasteiger partial charge in [0, 0.05) is 29.6 Å². The van der Waals surface area contributed by atoms with Gasteiger partial charge in [0.05, 0.1) is 24.8 Å². The fourth-order valence-electron chi connectivity index (χ4n) is 5.60. The van der Waals surface area contributed by atoms with Gasteiger partial charge in [-0.2, -0.15) is 0 Å². The molecule has 182 valence electrons. The maximum atomic E-state index is 12.8. The van der Waals surface area contributed by atoms with Crippen molar-refractivity contribution < 1.29 is 19.2 Å². The number of nitrogens with one attached hydrogen (secondary N) is 2. The fraction of sp³-hybridized carbons (Fsp3) is 0.480. The summed E-state index contributed by atoms with van der Waals surface area (Å²) in [5.74, 6) is 1.45. The first-order chi connectivity index (χ1) is 16.3. The van der Waals surface area contributed by atoms with Crippen LogP contribution < -0.4 is 20.1 Å². The summed E-state index contributed by atoms with van der Waals surface area (Å²) in [7, 11) is 5.43. The molecule has 2 aliphatic rings. The standard InChI is InChI=1S/C25H32N4O5/c1-16-5-7-19(29(31)32)15-20(16)27-24(30)26-18-9-10-25(11-12-28(2)23(25)14-18)17-6-8-21(33-3)22(13-17)34-4/h5-8,13,15,18,23H,9-12,14H2,1-4H3,(H2,26,27,30)/t18-,23+,25-/m0/s1. The van der Waals surface area contributed by atoms with E-state index in [9.17, 15) is 14.9 Å². The van der Waals surface area contributed by atoms with Crippen molar-refractivity contribution in [1.82, 2.24) is 10.2 Å². The zero-order valence-corrected chi connectivity index (χ0v) is 20.1. The Hall–Kier alpha value is -3.33. The van der Waals surface area contributed by atoms with Crippen molar-refractivity contribution in [2.24, 2.45) is 0 Å². The lowest BCUT2D eigenvalue weighted by Gasteiger charge is -2.45. The molecule has 0 spiro atoms. The number of rotatable bonds is 6. The lowest BCUT2D eigenvalue weighted by atomic mass is 9.65. The highest BCUT2D eigenvalue weighted by atomic mass is 16.6. The van der Waals surface area contributed by atoms with Gasteiger partial charge in [-0.15, -0.1) is 0 Å². The number of fused-ring (bicyclic) bond motifs is 1. The molecule has 1 aliphatic heterocycles. The van der Waals surface area contributed by atoms with Crippen LogP contribution in [0.15, 0.2) is 36.4 Å². The Labute approximate surface area is 199 Å². The third-order valence-electron chi connectivity index (χ3n) is 7.50. The lowest BCUT2D eigenvalue weighted by molar-refractivity contribution is -0.384. The Morgan fingerprint density at radius 1 is 1.15 bits per heavy atom. The summed E-state index contributed by atoms with van der Waals surface area (Å²) in [4.78, 5) is 25.8. The van der Waals surface area contributed by atoms with E-state index in [4.69, 9.17) is 9.47 Å². The fourth-order valence-corrected chi connectivity index (χ4v) is 5.60. The van der Waals surface area contributed by atoms with Crippen LogP contribution in [-0.2, 0) is 5.41 Å². The molecule has 3 atom stereocenters.